The Bertz CT molecular complexity index is 691. The Morgan fingerprint density at radius 2 is 1.96 bits per heavy atom. The summed E-state index contributed by atoms with van der Waals surface area (Å²) in [5.41, 5.74) is 3.72. The maximum absolute atomic E-state index is 4.61. The second-order valence-corrected chi connectivity index (χ2v) is 7.90. The molecule has 0 bridgehead atoms. The van der Waals surface area contributed by atoms with Crippen LogP contribution in [0.1, 0.15) is 50.2 Å². The summed E-state index contributed by atoms with van der Waals surface area (Å²) >= 11 is 3.51. The van der Waals surface area contributed by atoms with Crippen molar-refractivity contribution in [3.8, 4) is 0 Å². The standard InChI is InChI=1S/C20H26BrN3.2ClH/c1-14(2)19-10-20(24-18-8-4-7-17(21)9-18)23-13-16(19)12-22-11-15-5-3-6-15;;/h4,7-10,13-15,22H,3,5-6,11-12H2,1-2H3,(H,23,24);2*1H. The lowest BCUT2D eigenvalue weighted by Crippen LogP contribution is -2.27. The molecule has 1 saturated carbocycles. The van der Waals surface area contributed by atoms with Crippen LogP contribution < -0.4 is 10.6 Å². The third kappa shape index (κ3) is 6.41. The van der Waals surface area contributed by atoms with Crippen LogP contribution in [0.25, 0.3) is 0 Å². The van der Waals surface area contributed by atoms with Gasteiger partial charge in [-0.25, -0.2) is 4.98 Å². The second-order valence-electron chi connectivity index (χ2n) is 6.99. The Balaban J connectivity index is 0.00000169. The number of halogens is 3. The molecule has 0 aliphatic heterocycles. The molecule has 0 spiro atoms. The average molecular weight is 461 g/mol. The van der Waals surface area contributed by atoms with Gasteiger partial charge in [-0.2, -0.15) is 0 Å². The van der Waals surface area contributed by atoms with Crippen molar-refractivity contribution in [3.63, 3.8) is 0 Å². The van der Waals surface area contributed by atoms with E-state index in [0.717, 1.165) is 35.0 Å². The van der Waals surface area contributed by atoms with E-state index < -0.39 is 0 Å². The maximum atomic E-state index is 4.61. The molecule has 3 nitrogen and oxygen atoms in total. The number of rotatable bonds is 7. The Morgan fingerprint density at radius 1 is 1.19 bits per heavy atom. The van der Waals surface area contributed by atoms with E-state index in [1.165, 1.54) is 30.4 Å². The summed E-state index contributed by atoms with van der Waals surface area (Å²) < 4.78 is 1.06. The molecular formula is C20H28BrCl2N3. The predicted octanol–water partition coefficient (Wildman–Crippen LogP) is 6.44. The highest BCUT2D eigenvalue weighted by atomic mass is 79.9. The van der Waals surface area contributed by atoms with Crippen LogP contribution in [-0.2, 0) is 6.54 Å². The van der Waals surface area contributed by atoms with E-state index in [4.69, 9.17) is 0 Å². The zero-order valence-corrected chi connectivity index (χ0v) is 18.5. The minimum Gasteiger partial charge on any atom is -0.340 e. The summed E-state index contributed by atoms with van der Waals surface area (Å²) in [6.45, 7) is 6.53. The lowest BCUT2D eigenvalue weighted by atomic mass is 9.85. The van der Waals surface area contributed by atoms with Crippen LogP contribution >= 0.6 is 40.7 Å². The molecule has 6 heteroatoms. The molecule has 3 rings (SSSR count). The molecule has 0 unspecified atom stereocenters. The van der Waals surface area contributed by atoms with Gasteiger partial charge in [0.25, 0.3) is 0 Å². The average Bonchev–Trinajstić information content (AvgIpc) is 2.50. The van der Waals surface area contributed by atoms with Crippen LogP contribution in [0.4, 0.5) is 11.5 Å². The van der Waals surface area contributed by atoms with Gasteiger partial charge in [0, 0.05) is 22.9 Å². The number of hydrogen-bond donors (Lipinski definition) is 2. The summed E-state index contributed by atoms with van der Waals surface area (Å²) in [4.78, 5) is 4.61. The number of anilines is 2. The Labute approximate surface area is 177 Å². The minimum absolute atomic E-state index is 0. The summed E-state index contributed by atoms with van der Waals surface area (Å²) in [6.07, 6.45) is 6.19. The number of pyridine rings is 1. The predicted molar refractivity (Wildman–Crippen MR) is 119 cm³/mol. The number of hydrogen-bond acceptors (Lipinski definition) is 3. The van der Waals surface area contributed by atoms with E-state index in [-0.39, 0.29) is 24.8 Å². The quantitative estimate of drug-likeness (QED) is 0.498. The fourth-order valence-corrected chi connectivity index (χ4v) is 3.47. The topological polar surface area (TPSA) is 37.0 Å². The molecule has 1 aromatic heterocycles. The molecular weight excluding hydrogens is 433 g/mol. The highest BCUT2D eigenvalue weighted by Gasteiger charge is 2.17. The van der Waals surface area contributed by atoms with Gasteiger partial charge in [-0.1, -0.05) is 42.3 Å². The van der Waals surface area contributed by atoms with E-state index in [1.54, 1.807) is 0 Å². The second kappa shape index (κ2) is 11.1. The summed E-state index contributed by atoms with van der Waals surface area (Å²) in [5, 5.41) is 7.01. The van der Waals surface area contributed by atoms with Gasteiger partial charge in [0.15, 0.2) is 0 Å². The van der Waals surface area contributed by atoms with Crippen molar-refractivity contribution >= 4 is 52.2 Å². The van der Waals surface area contributed by atoms with E-state index in [1.807, 2.05) is 18.3 Å². The molecule has 2 aromatic rings. The normalized spacial score (nSPS) is 13.5. The van der Waals surface area contributed by atoms with Gasteiger partial charge in [0.2, 0.25) is 0 Å². The first-order valence-electron chi connectivity index (χ1n) is 8.84. The maximum Gasteiger partial charge on any atom is 0.130 e. The molecule has 26 heavy (non-hydrogen) atoms. The lowest BCUT2D eigenvalue weighted by molar-refractivity contribution is 0.301. The van der Waals surface area contributed by atoms with Crippen LogP contribution in [0.3, 0.4) is 0 Å². The van der Waals surface area contributed by atoms with E-state index in [2.05, 4.69) is 63.6 Å². The fraction of sp³-hybridized carbons (Fsp3) is 0.450. The summed E-state index contributed by atoms with van der Waals surface area (Å²) in [5.74, 6) is 2.27. The van der Waals surface area contributed by atoms with Crippen molar-refractivity contribution < 1.29 is 0 Å². The first-order chi connectivity index (χ1) is 11.6. The first-order valence-corrected chi connectivity index (χ1v) is 9.63. The smallest absolute Gasteiger partial charge is 0.130 e. The van der Waals surface area contributed by atoms with Crippen molar-refractivity contribution in [2.45, 2.75) is 45.6 Å². The van der Waals surface area contributed by atoms with Crippen molar-refractivity contribution in [3.05, 3.63) is 52.1 Å². The van der Waals surface area contributed by atoms with Gasteiger partial charge >= 0.3 is 0 Å². The minimum atomic E-state index is 0. The zero-order valence-electron chi connectivity index (χ0n) is 15.3. The van der Waals surface area contributed by atoms with Gasteiger partial charge in [-0.15, -0.1) is 24.8 Å². The highest BCUT2D eigenvalue weighted by molar-refractivity contribution is 9.10. The van der Waals surface area contributed by atoms with Crippen molar-refractivity contribution in [1.82, 2.24) is 10.3 Å². The highest BCUT2D eigenvalue weighted by Crippen LogP contribution is 2.27. The summed E-state index contributed by atoms with van der Waals surface area (Å²) in [7, 11) is 0. The SMILES string of the molecule is CC(C)c1cc(Nc2cccc(Br)c2)ncc1CNCC1CCC1.Cl.Cl. The molecule has 0 amide bonds. The molecule has 144 valence electrons. The monoisotopic (exact) mass is 459 g/mol. The van der Waals surface area contributed by atoms with E-state index >= 15 is 0 Å². The number of nitrogens with zero attached hydrogens (tertiary/aromatic N) is 1. The van der Waals surface area contributed by atoms with Crippen LogP contribution in [0.2, 0.25) is 0 Å². The van der Waals surface area contributed by atoms with Crippen LogP contribution in [0.15, 0.2) is 41.0 Å². The largest absolute Gasteiger partial charge is 0.340 e. The van der Waals surface area contributed by atoms with E-state index in [0.29, 0.717) is 5.92 Å². The van der Waals surface area contributed by atoms with Crippen molar-refractivity contribution in [2.75, 3.05) is 11.9 Å². The number of nitrogens with one attached hydrogen (secondary N) is 2. The van der Waals surface area contributed by atoms with Crippen LogP contribution in [-0.4, -0.2) is 11.5 Å². The van der Waals surface area contributed by atoms with Crippen molar-refractivity contribution in [1.29, 1.82) is 0 Å². The third-order valence-electron chi connectivity index (χ3n) is 4.71. The number of aromatic nitrogens is 1. The molecule has 2 N–H and O–H groups in total. The van der Waals surface area contributed by atoms with Gasteiger partial charge in [-0.05, 0) is 66.6 Å². The molecule has 0 radical (unpaired) electrons. The van der Waals surface area contributed by atoms with Gasteiger partial charge in [0.1, 0.15) is 5.82 Å². The molecule has 1 aliphatic rings. The first kappa shape index (κ1) is 23.2. The molecule has 0 saturated heterocycles. The van der Waals surface area contributed by atoms with Gasteiger partial charge in [-0.3, -0.25) is 0 Å². The van der Waals surface area contributed by atoms with Gasteiger partial charge < -0.3 is 10.6 Å². The van der Waals surface area contributed by atoms with Gasteiger partial charge in [0.05, 0.1) is 0 Å². The molecule has 1 fully saturated rings. The van der Waals surface area contributed by atoms with Crippen LogP contribution in [0, 0.1) is 5.92 Å². The molecule has 1 aromatic carbocycles. The van der Waals surface area contributed by atoms with E-state index in [9.17, 15) is 0 Å². The Hall–Kier alpha value is -0.810. The summed E-state index contributed by atoms with van der Waals surface area (Å²) in [6, 6.07) is 10.3. The number of benzene rings is 1. The van der Waals surface area contributed by atoms with Crippen LogP contribution in [0.5, 0.6) is 0 Å². The third-order valence-corrected chi connectivity index (χ3v) is 5.21. The van der Waals surface area contributed by atoms with Crippen molar-refractivity contribution in [2.24, 2.45) is 5.92 Å². The zero-order chi connectivity index (χ0) is 16.9. The fourth-order valence-electron chi connectivity index (χ4n) is 3.07. The molecule has 0 atom stereocenters. The Morgan fingerprint density at radius 3 is 2.58 bits per heavy atom. The molecule has 1 heterocycles. The molecule has 1 aliphatic carbocycles. The lowest BCUT2D eigenvalue weighted by Gasteiger charge is -2.25. The Kier molecular flexibility index (Phi) is 9.94.